The van der Waals surface area contributed by atoms with E-state index in [0.29, 0.717) is 16.4 Å². The minimum atomic E-state index is -0.826. The van der Waals surface area contributed by atoms with E-state index in [4.69, 9.17) is 9.72 Å². The van der Waals surface area contributed by atoms with Gasteiger partial charge >= 0.3 is 5.91 Å². The molecular weight excluding hydrogens is 496 g/mol. The van der Waals surface area contributed by atoms with Crippen molar-refractivity contribution >= 4 is 44.1 Å². The molecule has 0 unspecified atom stereocenters. The second kappa shape index (κ2) is 9.40. The zero-order valence-electron chi connectivity index (χ0n) is 22.3. The second-order valence-corrected chi connectivity index (χ2v) is 11.7. The minimum absolute atomic E-state index is 0.0378. The molecule has 0 spiro atoms. The number of nitrogens with zero attached hydrogens (tertiary/aromatic N) is 2. The van der Waals surface area contributed by atoms with E-state index in [9.17, 15) is 14.7 Å². The van der Waals surface area contributed by atoms with Gasteiger partial charge in [-0.05, 0) is 71.8 Å². The number of ketones is 1. The van der Waals surface area contributed by atoms with Gasteiger partial charge in [0.1, 0.15) is 11.5 Å². The van der Waals surface area contributed by atoms with Crippen LogP contribution in [0.5, 0.6) is 5.75 Å². The smallest absolute Gasteiger partial charge is 0.301 e. The summed E-state index contributed by atoms with van der Waals surface area (Å²) >= 11 is 1.37. The number of ether oxygens (including phenoxy) is 1. The van der Waals surface area contributed by atoms with Crippen molar-refractivity contribution < 1.29 is 19.4 Å². The molecule has 4 aromatic rings. The number of aryl methyl sites for hydroxylation is 2. The number of amides is 1. The highest BCUT2D eigenvalue weighted by Gasteiger charge is 2.48. The molecule has 7 heteroatoms. The maximum atomic E-state index is 13.6. The SMILES string of the molecule is COc1ccc(/C(O)=C2\C(=O)C(=O)N(c3nc4c(C)cc(C)cc4s3)[C@@H]2c2ccc(C(C)(C)C)cc2)cc1. The fourth-order valence-corrected chi connectivity index (χ4v) is 6.05. The number of aliphatic hydroxyl groups excluding tert-OH is 1. The van der Waals surface area contributed by atoms with Crippen molar-refractivity contribution in [2.45, 2.75) is 46.1 Å². The molecule has 194 valence electrons. The molecule has 0 radical (unpaired) electrons. The van der Waals surface area contributed by atoms with Crippen molar-refractivity contribution in [2.75, 3.05) is 12.0 Å². The summed E-state index contributed by atoms with van der Waals surface area (Å²) in [5, 5.41) is 11.8. The van der Waals surface area contributed by atoms with Crippen molar-refractivity contribution in [1.29, 1.82) is 0 Å². The maximum Gasteiger partial charge on any atom is 0.301 e. The quantitative estimate of drug-likeness (QED) is 0.179. The van der Waals surface area contributed by atoms with Crippen LogP contribution in [-0.4, -0.2) is 28.9 Å². The molecule has 1 saturated heterocycles. The fourth-order valence-electron chi connectivity index (χ4n) is 4.88. The van der Waals surface area contributed by atoms with Gasteiger partial charge < -0.3 is 9.84 Å². The lowest BCUT2D eigenvalue weighted by atomic mass is 9.85. The van der Waals surface area contributed by atoms with Crippen LogP contribution in [0.15, 0.2) is 66.2 Å². The van der Waals surface area contributed by atoms with Crippen LogP contribution >= 0.6 is 11.3 Å². The van der Waals surface area contributed by atoms with Crippen molar-refractivity contribution in [2.24, 2.45) is 0 Å². The lowest BCUT2D eigenvalue weighted by Gasteiger charge is -2.24. The number of benzene rings is 3. The van der Waals surface area contributed by atoms with Crippen LogP contribution in [0.3, 0.4) is 0 Å². The molecule has 1 fully saturated rings. The number of anilines is 1. The van der Waals surface area contributed by atoms with E-state index in [1.54, 1.807) is 31.4 Å². The molecule has 3 aromatic carbocycles. The third kappa shape index (κ3) is 4.37. The third-order valence-corrected chi connectivity index (χ3v) is 7.93. The molecule has 0 aliphatic carbocycles. The van der Waals surface area contributed by atoms with Crippen molar-refractivity contribution in [3.63, 3.8) is 0 Å². The van der Waals surface area contributed by atoms with E-state index in [1.165, 1.54) is 16.2 Å². The number of hydrogen-bond acceptors (Lipinski definition) is 6. The van der Waals surface area contributed by atoms with Crippen LogP contribution < -0.4 is 9.64 Å². The number of Topliss-reactive ketones (excluding diaryl/α,β-unsaturated/α-hetero) is 1. The minimum Gasteiger partial charge on any atom is -0.507 e. The van der Waals surface area contributed by atoms with Gasteiger partial charge in [0.2, 0.25) is 0 Å². The lowest BCUT2D eigenvalue weighted by Crippen LogP contribution is -2.29. The Morgan fingerprint density at radius 2 is 1.66 bits per heavy atom. The van der Waals surface area contributed by atoms with E-state index in [2.05, 4.69) is 20.8 Å². The van der Waals surface area contributed by atoms with Gasteiger partial charge in [-0.25, -0.2) is 4.98 Å². The highest BCUT2D eigenvalue weighted by molar-refractivity contribution is 7.22. The van der Waals surface area contributed by atoms with Gasteiger partial charge in [-0.1, -0.05) is 62.4 Å². The van der Waals surface area contributed by atoms with Gasteiger partial charge in [0.25, 0.3) is 5.78 Å². The summed E-state index contributed by atoms with van der Waals surface area (Å²) in [6.07, 6.45) is 0. The fraction of sp³-hybridized carbons (Fsp3) is 0.258. The summed E-state index contributed by atoms with van der Waals surface area (Å²) in [5.74, 6) is -1.06. The summed E-state index contributed by atoms with van der Waals surface area (Å²) in [7, 11) is 1.56. The predicted octanol–water partition coefficient (Wildman–Crippen LogP) is 6.85. The number of hydrogen-bond donors (Lipinski definition) is 1. The summed E-state index contributed by atoms with van der Waals surface area (Å²) in [6, 6.07) is 17.9. The molecule has 5 rings (SSSR count). The Labute approximate surface area is 226 Å². The average molecular weight is 527 g/mol. The van der Waals surface area contributed by atoms with Crippen LogP contribution in [0, 0.1) is 13.8 Å². The van der Waals surface area contributed by atoms with E-state index in [-0.39, 0.29) is 16.7 Å². The molecule has 1 amide bonds. The van der Waals surface area contributed by atoms with E-state index < -0.39 is 17.7 Å². The Kier molecular flexibility index (Phi) is 6.35. The monoisotopic (exact) mass is 526 g/mol. The van der Waals surface area contributed by atoms with Crippen LogP contribution in [0.1, 0.15) is 54.6 Å². The standard InChI is InChI=1S/C31H30N2O4S/c1-17-15-18(2)25-23(16-17)38-30(32-25)33-26(19-7-11-21(12-8-19)31(3,4)5)24(28(35)29(33)36)27(34)20-9-13-22(37-6)14-10-20/h7-16,26,34H,1-6H3/b27-24+/t26-/m1/s1. The Morgan fingerprint density at radius 1 is 1.00 bits per heavy atom. The van der Waals surface area contributed by atoms with Crippen LogP contribution in [0.25, 0.3) is 16.0 Å². The summed E-state index contributed by atoms with van der Waals surface area (Å²) in [5.41, 5.74) is 5.15. The Morgan fingerprint density at radius 3 is 2.26 bits per heavy atom. The maximum absolute atomic E-state index is 13.6. The highest BCUT2D eigenvalue weighted by atomic mass is 32.1. The van der Waals surface area contributed by atoms with Crippen molar-refractivity contribution in [1.82, 2.24) is 4.98 Å². The second-order valence-electron chi connectivity index (χ2n) is 10.7. The molecule has 1 aliphatic heterocycles. The highest BCUT2D eigenvalue weighted by Crippen LogP contribution is 2.45. The Balaban J connectivity index is 1.72. The molecule has 2 heterocycles. The first-order chi connectivity index (χ1) is 18.0. The molecule has 1 N–H and O–H groups in total. The number of aliphatic hydroxyl groups is 1. The molecule has 6 nitrogen and oxygen atoms in total. The first kappa shape index (κ1) is 25.7. The molecule has 1 aliphatic rings. The number of rotatable bonds is 4. The van der Waals surface area contributed by atoms with Crippen molar-refractivity contribution in [3.05, 3.63) is 94.1 Å². The van der Waals surface area contributed by atoms with Gasteiger partial charge in [0, 0.05) is 5.56 Å². The Bertz CT molecular complexity index is 1590. The summed E-state index contributed by atoms with van der Waals surface area (Å²) < 4.78 is 6.17. The number of carbonyl (C=O) groups is 2. The number of methoxy groups -OCH3 is 1. The van der Waals surface area contributed by atoms with Crippen LogP contribution in [-0.2, 0) is 15.0 Å². The van der Waals surface area contributed by atoms with Gasteiger partial charge in [-0.15, -0.1) is 0 Å². The molecular formula is C31H30N2O4S. The predicted molar refractivity (Wildman–Crippen MR) is 152 cm³/mol. The number of carbonyl (C=O) groups excluding carboxylic acids is 2. The van der Waals surface area contributed by atoms with Crippen LogP contribution in [0.2, 0.25) is 0 Å². The molecule has 1 atom stereocenters. The van der Waals surface area contributed by atoms with Gasteiger partial charge in [-0.2, -0.15) is 0 Å². The van der Waals surface area contributed by atoms with Gasteiger partial charge in [0.15, 0.2) is 5.13 Å². The first-order valence-electron chi connectivity index (χ1n) is 12.4. The number of thiazole rings is 1. The molecule has 38 heavy (non-hydrogen) atoms. The zero-order valence-corrected chi connectivity index (χ0v) is 23.1. The average Bonchev–Trinajstić information content (AvgIpc) is 3.42. The molecule has 0 bridgehead atoms. The third-order valence-electron chi connectivity index (χ3n) is 6.92. The van der Waals surface area contributed by atoms with Crippen LogP contribution in [0.4, 0.5) is 5.13 Å². The normalized spacial score (nSPS) is 17.4. The van der Waals surface area contributed by atoms with Gasteiger partial charge in [-0.3, -0.25) is 14.5 Å². The molecule has 0 saturated carbocycles. The number of fused-ring (bicyclic) bond motifs is 1. The van der Waals surface area contributed by atoms with Gasteiger partial charge in [0.05, 0.1) is 28.9 Å². The van der Waals surface area contributed by atoms with E-state index in [1.807, 2.05) is 50.2 Å². The first-order valence-corrected chi connectivity index (χ1v) is 13.2. The summed E-state index contributed by atoms with van der Waals surface area (Å²) in [6.45, 7) is 10.4. The Hall–Kier alpha value is -3.97. The number of aromatic nitrogens is 1. The van der Waals surface area contributed by atoms with Crippen molar-refractivity contribution in [3.8, 4) is 5.75 Å². The van der Waals surface area contributed by atoms with E-state index >= 15 is 0 Å². The molecule has 1 aromatic heterocycles. The largest absolute Gasteiger partial charge is 0.507 e. The summed E-state index contributed by atoms with van der Waals surface area (Å²) in [4.78, 5) is 33.3. The lowest BCUT2D eigenvalue weighted by molar-refractivity contribution is -0.132. The topological polar surface area (TPSA) is 79.7 Å². The zero-order chi connectivity index (χ0) is 27.4. The van der Waals surface area contributed by atoms with E-state index in [0.717, 1.165) is 32.5 Å².